The average Bonchev–Trinajstić information content (AvgIpc) is 2.19. The molecule has 0 amide bonds. The van der Waals surface area contributed by atoms with E-state index in [-0.39, 0.29) is 17.7 Å². The second-order valence-electron chi connectivity index (χ2n) is 2.53. The number of carbonyl (C=O) groups excluding carboxylic acids is 1. The van der Waals surface area contributed by atoms with Gasteiger partial charge in [0.25, 0.3) is 0 Å². The second-order valence-corrected chi connectivity index (χ2v) is 2.53. The Labute approximate surface area is 80.7 Å². The number of halogens is 1. The number of rotatable bonds is 2. The predicted octanol–water partition coefficient (Wildman–Crippen LogP) is 1.87. The minimum absolute atomic E-state index is 0.176. The molecular weight excluding hydrogens is 185 g/mol. The van der Waals surface area contributed by atoms with E-state index in [0.29, 0.717) is 0 Å². The van der Waals surface area contributed by atoms with Crippen LogP contribution >= 0.6 is 0 Å². The lowest BCUT2D eigenvalue weighted by molar-refractivity contribution is 0.0521. The van der Waals surface area contributed by atoms with Crippen molar-refractivity contribution in [2.24, 2.45) is 0 Å². The molecule has 72 valence electrons. The maximum Gasteiger partial charge on any atom is 0.341 e. The monoisotopic (exact) mass is 193 g/mol. The van der Waals surface area contributed by atoms with E-state index >= 15 is 0 Å². The largest absolute Gasteiger partial charge is 0.462 e. The van der Waals surface area contributed by atoms with Crippen LogP contribution in [0.4, 0.5) is 4.39 Å². The minimum Gasteiger partial charge on any atom is -0.462 e. The Hall–Kier alpha value is -1.89. The van der Waals surface area contributed by atoms with E-state index in [4.69, 9.17) is 5.26 Å². The highest BCUT2D eigenvalue weighted by Gasteiger charge is 2.12. The van der Waals surface area contributed by atoms with Crippen LogP contribution in [-0.2, 0) is 4.74 Å². The molecule has 0 bridgehead atoms. The first-order valence-corrected chi connectivity index (χ1v) is 4.05. The van der Waals surface area contributed by atoms with Crippen LogP contribution in [0, 0.1) is 17.1 Å². The maximum atomic E-state index is 13.1. The number of benzene rings is 1. The van der Waals surface area contributed by atoms with Crippen molar-refractivity contribution >= 4 is 5.97 Å². The van der Waals surface area contributed by atoms with Gasteiger partial charge in [0.1, 0.15) is 5.82 Å². The van der Waals surface area contributed by atoms with Crippen molar-refractivity contribution in [1.29, 1.82) is 5.26 Å². The zero-order valence-corrected chi connectivity index (χ0v) is 7.58. The summed E-state index contributed by atoms with van der Waals surface area (Å²) in [7, 11) is 0. The summed E-state index contributed by atoms with van der Waals surface area (Å²) >= 11 is 0. The molecule has 0 spiro atoms. The lowest BCUT2D eigenvalue weighted by atomic mass is 10.1. The Morgan fingerprint density at radius 2 is 2.36 bits per heavy atom. The normalized spacial score (nSPS) is 9.21. The van der Waals surface area contributed by atoms with Gasteiger partial charge in [0, 0.05) is 0 Å². The first kappa shape index (κ1) is 10.2. The molecule has 0 aromatic heterocycles. The van der Waals surface area contributed by atoms with Crippen LogP contribution in [0.25, 0.3) is 0 Å². The standard InChI is InChI=1S/C10H8FNO2/c1-2-14-10(13)8-5-7(6-12)3-4-9(8)11/h3-5H,2H2,1H3. The van der Waals surface area contributed by atoms with Gasteiger partial charge in [-0.1, -0.05) is 0 Å². The highest BCUT2D eigenvalue weighted by Crippen LogP contribution is 2.11. The van der Waals surface area contributed by atoms with Gasteiger partial charge in [0.05, 0.1) is 23.8 Å². The van der Waals surface area contributed by atoms with Crippen molar-refractivity contribution in [2.45, 2.75) is 6.92 Å². The van der Waals surface area contributed by atoms with Gasteiger partial charge in [-0.3, -0.25) is 0 Å². The Kier molecular flexibility index (Phi) is 3.19. The lowest BCUT2D eigenvalue weighted by Gasteiger charge is -2.02. The van der Waals surface area contributed by atoms with E-state index in [0.717, 1.165) is 6.07 Å². The molecule has 0 N–H and O–H groups in total. The van der Waals surface area contributed by atoms with E-state index in [1.165, 1.54) is 12.1 Å². The minimum atomic E-state index is -0.748. The molecule has 3 nitrogen and oxygen atoms in total. The van der Waals surface area contributed by atoms with Crippen LogP contribution in [0.15, 0.2) is 18.2 Å². The molecule has 0 radical (unpaired) electrons. The summed E-state index contributed by atoms with van der Waals surface area (Å²) in [6, 6.07) is 5.37. The van der Waals surface area contributed by atoms with Crippen LogP contribution in [0.2, 0.25) is 0 Å². The molecule has 0 aliphatic rings. The molecule has 0 fully saturated rings. The molecule has 0 saturated carbocycles. The van der Waals surface area contributed by atoms with Gasteiger partial charge in [-0.2, -0.15) is 5.26 Å². The smallest absolute Gasteiger partial charge is 0.341 e. The number of nitrogens with zero attached hydrogens (tertiary/aromatic N) is 1. The second kappa shape index (κ2) is 4.38. The van der Waals surface area contributed by atoms with E-state index in [1.54, 1.807) is 6.92 Å². The summed E-state index contributed by atoms with van der Waals surface area (Å²) in [4.78, 5) is 11.2. The molecule has 14 heavy (non-hydrogen) atoms. The maximum absolute atomic E-state index is 13.1. The van der Waals surface area contributed by atoms with Crippen molar-refractivity contribution < 1.29 is 13.9 Å². The number of esters is 1. The number of hydrogen-bond acceptors (Lipinski definition) is 3. The van der Waals surface area contributed by atoms with Gasteiger partial charge in [-0.05, 0) is 25.1 Å². The van der Waals surface area contributed by atoms with Gasteiger partial charge in [0.15, 0.2) is 0 Å². The summed E-state index contributed by atoms with van der Waals surface area (Å²) in [5, 5.41) is 8.54. The van der Waals surface area contributed by atoms with Gasteiger partial charge in [-0.25, -0.2) is 9.18 Å². The first-order valence-electron chi connectivity index (χ1n) is 4.05. The molecule has 0 aliphatic carbocycles. The molecule has 4 heteroatoms. The molecule has 0 aliphatic heterocycles. The summed E-state index contributed by atoms with van der Waals surface area (Å²) in [6.07, 6.45) is 0. The third-order valence-corrected chi connectivity index (χ3v) is 1.59. The van der Waals surface area contributed by atoms with Gasteiger partial charge in [-0.15, -0.1) is 0 Å². The Bertz CT molecular complexity index is 396. The highest BCUT2D eigenvalue weighted by atomic mass is 19.1. The summed E-state index contributed by atoms with van der Waals surface area (Å²) in [5.74, 6) is -1.43. The van der Waals surface area contributed by atoms with Gasteiger partial charge >= 0.3 is 5.97 Å². The molecule has 1 aromatic rings. The molecule has 1 rings (SSSR count). The number of ether oxygens (including phenoxy) is 1. The van der Waals surface area contributed by atoms with Gasteiger partial charge in [0.2, 0.25) is 0 Å². The number of nitriles is 1. The topological polar surface area (TPSA) is 50.1 Å². The van der Waals surface area contributed by atoms with Crippen LogP contribution in [0.5, 0.6) is 0 Å². The van der Waals surface area contributed by atoms with Crippen LogP contribution in [0.3, 0.4) is 0 Å². The third kappa shape index (κ3) is 2.07. The van der Waals surface area contributed by atoms with Crippen molar-refractivity contribution in [2.75, 3.05) is 6.61 Å². The molecule has 0 unspecified atom stereocenters. The van der Waals surface area contributed by atoms with E-state index in [2.05, 4.69) is 4.74 Å². The van der Waals surface area contributed by atoms with E-state index < -0.39 is 11.8 Å². The van der Waals surface area contributed by atoms with Crippen molar-refractivity contribution in [3.8, 4) is 6.07 Å². The van der Waals surface area contributed by atoms with Crippen molar-refractivity contribution in [3.05, 3.63) is 35.1 Å². The SMILES string of the molecule is CCOC(=O)c1cc(C#N)ccc1F. The van der Waals surface area contributed by atoms with E-state index in [1.807, 2.05) is 6.07 Å². The van der Waals surface area contributed by atoms with Gasteiger partial charge < -0.3 is 4.74 Å². The Morgan fingerprint density at radius 1 is 1.64 bits per heavy atom. The molecule has 1 aromatic carbocycles. The molecule has 0 heterocycles. The fourth-order valence-electron chi connectivity index (χ4n) is 0.960. The number of carbonyl (C=O) groups is 1. The zero-order chi connectivity index (χ0) is 10.6. The first-order chi connectivity index (χ1) is 6.69. The highest BCUT2D eigenvalue weighted by molar-refractivity contribution is 5.90. The number of hydrogen-bond donors (Lipinski definition) is 0. The summed E-state index contributed by atoms with van der Waals surface area (Å²) < 4.78 is 17.7. The molecule has 0 saturated heterocycles. The van der Waals surface area contributed by atoms with Crippen LogP contribution in [-0.4, -0.2) is 12.6 Å². The Balaban J connectivity index is 3.07. The molecule has 0 atom stereocenters. The third-order valence-electron chi connectivity index (χ3n) is 1.59. The quantitative estimate of drug-likeness (QED) is 0.673. The van der Waals surface area contributed by atoms with E-state index in [9.17, 15) is 9.18 Å². The average molecular weight is 193 g/mol. The predicted molar refractivity (Wildman–Crippen MR) is 47.1 cm³/mol. The van der Waals surface area contributed by atoms with Crippen LogP contribution in [0.1, 0.15) is 22.8 Å². The summed E-state index contributed by atoms with van der Waals surface area (Å²) in [6.45, 7) is 1.80. The van der Waals surface area contributed by atoms with Crippen LogP contribution < -0.4 is 0 Å². The zero-order valence-electron chi connectivity index (χ0n) is 7.58. The van der Waals surface area contributed by atoms with Crippen molar-refractivity contribution in [1.82, 2.24) is 0 Å². The fraction of sp³-hybridized carbons (Fsp3) is 0.200. The van der Waals surface area contributed by atoms with Crippen molar-refractivity contribution in [3.63, 3.8) is 0 Å². The summed E-state index contributed by atoms with van der Waals surface area (Å²) in [5.41, 5.74) is 0.0281. The fourth-order valence-corrected chi connectivity index (χ4v) is 0.960. The Morgan fingerprint density at radius 3 is 2.93 bits per heavy atom. The molecular formula is C10H8FNO2. The lowest BCUT2D eigenvalue weighted by Crippen LogP contribution is -2.07.